The van der Waals surface area contributed by atoms with Crippen molar-refractivity contribution < 1.29 is 14.4 Å². The van der Waals surface area contributed by atoms with Crippen molar-refractivity contribution in [3.8, 4) is 0 Å². The smallest absolute Gasteiger partial charge is 0.291 e. The second-order valence-electron chi connectivity index (χ2n) is 5.70. The molecule has 2 amide bonds. The van der Waals surface area contributed by atoms with Crippen LogP contribution in [0.4, 0.5) is 0 Å². The SMILES string of the molecule is CCC(C)(C)C(=O)C(=O)N1CCC[C@H]1C(=O)NNC(N)=S. The molecular weight excluding hydrogens is 292 g/mol. The summed E-state index contributed by atoms with van der Waals surface area (Å²) in [5.41, 5.74) is 9.18. The first-order valence-electron chi connectivity index (χ1n) is 6.91. The highest BCUT2D eigenvalue weighted by Gasteiger charge is 2.41. The standard InChI is InChI=1S/C13H22N4O3S/c1-4-13(2,3)9(18)11(20)17-7-5-6-8(17)10(19)15-16-12(14)21/h8H,4-7H2,1-3H3,(H,15,19)(H3,14,16,21)/t8-/m0/s1. The molecule has 8 heteroatoms. The Morgan fingerprint density at radius 1 is 1.33 bits per heavy atom. The summed E-state index contributed by atoms with van der Waals surface area (Å²) in [6.07, 6.45) is 1.75. The molecule has 0 spiro atoms. The average molecular weight is 314 g/mol. The molecule has 0 aromatic carbocycles. The molecule has 1 atom stereocenters. The summed E-state index contributed by atoms with van der Waals surface area (Å²) in [6, 6.07) is -0.670. The minimum Gasteiger partial charge on any atom is -0.375 e. The molecule has 1 rings (SSSR count). The molecule has 1 fully saturated rings. The number of nitrogens with zero attached hydrogens (tertiary/aromatic N) is 1. The lowest BCUT2D eigenvalue weighted by molar-refractivity contribution is -0.151. The van der Waals surface area contributed by atoms with E-state index in [4.69, 9.17) is 5.73 Å². The topological polar surface area (TPSA) is 105 Å². The van der Waals surface area contributed by atoms with E-state index in [1.807, 2.05) is 6.92 Å². The van der Waals surface area contributed by atoms with E-state index in [9.17, 15) is 14.4 Å². The Morgan fingerprint density at radius 2 is 1.95 bits per heavy atom. The van der Waals surface area contributed by atoms with Crippen LogP contribution >= 0.6 is 12.2 Å². The van der Waals surface area contributed by atoms with E-state index in [1.54, 1.807) is 13.8 Å². The van der Waals surface area contributed by atoms with Crippen LogP contribution in [0.25, 0.3) is 0 Å². The van der Waals surface area contributed by atoms with Crippen LogP contribution in [0.1, 0.15) is 40.0 Å². The van der Waals surface area contributed by atoms with Crippen LogP contribution in [0.5, 0.6) is 0 Å². The predicted molar refractivity (Wildman–Crippen MR) is 81.9 cm³/mol. The van der Waals surface area contributed by atoms with Crippen molar-refractivity contribution in [2.75, 3.05) is 6.54 Å². The normalized spacial score (nSPS) is 18.2. The molecule has 1 heterocycles. The molecule has 4 N–H and O–H groups in total. The molecule has 0 aromatic rings. The minimum atomic E-state index is -0.724. The van der Waals surface area contributed by atoms with Gasteiger partial charge in [0.25, 0.3) is 11.8 Å². The Morgan fingerprint density at radius 3 is 2.48 bits per heavy atom. The van der Waals surface area contributed by atoms with Gasteiger partial charge in [0.05, 0.1) is 0 Å². The monoisotopic (exact) mass is 314 g/mol. The van der Waals surface area contributed by atoms with Gasteiger partial charge in [-0.15, -0.1) is 0 Å². The number of rotatable bonds is 4. The van der Waals surface area contributed by atoms with Crippen LogP contribution in [0.15, 0.2) is 0 Å². The van der Waals surface area contributed by atoms with Crippen LogP contribution in [0.2, 0.25) is 0 Å². The Balaban J connectivity index is 2.77. The zero-order chi connectivity index (χ0) is 16.2. The summed E-state index contributed by atoms with van der Waals surface area (Å²) in [5.74, 6) is -1.49. The van der Waals surface area contributed by atoms with E-state index < -0.39 is 29.1 Å². The summed E-state index contributed by atoms with van der Waals surface area (Å²) in [7, 11) is 0. The number of Topliss-reactive ketones (excluding diaryl/α,β-unsaturated/α-hetero) is 1. The fourth-order valence-corrected chi connectivity index (χ4v) is 2.12. The molecule has 7 nitrogen and oxygen atoms in total. The molecule has 118 valence electrons. The van der Waals surface area contributed by atoms with Crippen molar-refractivity contribution in [1.29, 1.82) is 0 Å². The first kappa shape index (κ1) is 17.4. The molecule has 1 saturated heterocycles. The molecule has 0 radical (unpaired) electrons. The van der Waals surface area contributed by atoms with Crippen LogP contribution in [0, 0.1) is 5.41 Å². The number of amides is 2. The fraction of sp³-hybridized carbons (Fsp3) is 0.692. The third-order valence-corrected chi connectivity index (χ3v) is 3.92. The third-order valence-electron chi connectivity index (χ3n) is 3.82. The van der Waals surface area contributed by atoms with Gasteiger partial charge in [-0.2, -0.15) is 0 Å². The molecule has 0 saturated carbocycles. The van der Waals surface area contributed by atoms with E-state index in [0.717, 1.165) is 0 Å². The van der Waals surface area contributed by atoms with Crippen LogP contribution in [-0.4, -0.2) is 40.2 Å². The highest BCUT2D eigenvalue weighted by atomic mass is 32.1. The Bertz CT molecular complexity index is 464. The lowest BCUT2D eigenvalue weighted by atomic mass is 9.84. The van der Waals surface area contributed by atoms with Crippen molar-refractivity contribution in [1.82, 2.24) is 15.8 Å². The molecule has 0 bridgehead atoms. The van der Waals surface area contributed by atoms with Gasteiger partial charge >= 0.3 is 0 Å². The second kappa shape index (κ2) is 6.84. The molecule has 1 aliphatic heterocycles. The van der Waals surface area contributed by atoms with E-state index >= 15 is 0 Å². The Kier molecular flexibility index (Phi) is 5.65. The van der Waals surface area contributed by atoms with Crippen molar-refractivity contribution in [3.63, 3.8) is 0 Å². The number of hydrogen-bond donors (Lipinski definition) is 3. The van der Waals surface area contributed by atoms with Crippen LogP contribution in [-0.2, 0) is 14.4 Å². The molecule has 0 aromatic heterocycles. The number of hydrazine groups is 1. The van der Waals surface area contributed by atoms with Gasteiger partial charge in [-0.1, -0.05) is 20.8 Å². The second-order valence-corrected chi connectivity index (χ2v) is 6.14. The van der Waals surface area contributed by atoms with Crippen molar-refractivity contribution >= 4 is 34.9 Å². The number of ketones is 1. The van der Waals surface area contributed by atoms with Gasteiger partial charge in [0.15, 0.2) is 5.11 Å². The van der Waals surface area contributed by atoms with Crippen molar-refractivity contribution in [2.45, 2.75) is 46.1 Å². The van der Waals surface area contributed by atoms with Gasteiger partial charge in [-0.05, 0) is 31.5 Å². The van der Waals surface area contributed by atoms with E-state index in [0.29, 0.717) is 25.8 Å². The van der Waals surface area contributed by atoms with E-state index in [2.05, 4.69) is 23.1 Å². The van der Waals surface area contributed by atoms with Gasteiger partial charge in [0.1, 0.15) is 6.04 Å². The van der Waals surface area contributed by atoms with Gasteiger partial charge in [-0.3, -0.25) is 25.2 Å². The lowest BCUT2D eigenvalue weighted by Gasteiger charge is -2.27. The fourth-order valence-electron chi connectivity index (χ4n) is 2.07. The van der Waals surface area contributed by atoms with Gasteiger partial charge in [-0.25, -0.2) is 0 Å². The maximum atomic E-state index is 12.3. The molecule has 0 unspecified atom stereocenters. The van der Waals surface area contributed by atoms with E-state index in [-0.39, 0.29) is 5.11 Å². The number of carbonyl (C=O) groups excluding carboxylic acids is 3. The number of nitrogens with one attached hydrogen (secondary N) is 2. The molecular formula is C13H22N4O3S. The molecule has 0 aliphatic carbocycles. The zero-order valence-electron chi connectivity index (χ0n) is 12.6. The van der Waals surface area contributed by atoms with Crippen LogP contribution in [0.3, 0.4) is 0 Å². The summed E-state index contributed by atoms with van der Waals surface area (Å²) >= 11 is 4.59. The Labute approximate surface area is 129 Å². The summed E-state index contributed by atoms with van der Waals surface area (Å²) < 4.78 is 0. The summed E-state index contributed by atoms with van der Waals surface area (Å²) in [4.78, 5) is 37.9. The van der Waals surface area contributed by atoms with Gasteiger partial charge in [0.2, 0.25) is 5.78 Å². The summed E-state index contributed by atoms with van der Waals surface area (Å²) in [5, 5.41) is -0.0672. The average Bonchev–Trinajstić information content (AvgIpc) is 2.92. The zero-order valence-corrected chi connectivity index (χ0v) is 13.4. The highest BCUT2D eigenvalue weighted by Crippen LogP contribution is 2.25. The highest BCUT2D eigenvalue weighted by molar-refractivity contribution is 7.80. The van der Waals surface area contributed by atoms with Gasteiger partial charge < -0.3 is 10.6 Å². The van der Waals surface area contributed by atoms with Crippen molar-refractivity contribution in [3.05, 3.63) is 0 Å². The van der Waals surface area contributed by atoms with Crippen LogP contribution < -0.4 is 16.6 Å². The summed E-state index contributed by atoms with van der Waals surface area (Å²) in [6.45, 7) is 5.71. The molecule has 21 heavy (non-hydrogen) atoms. The van der Waals surface area contributed by atoms with Crippen molar-refractivity contribution in [2.24, 2.45) is 11.1 Å². The third kappa shape index (κ3) is 4.13. The molecule has 1 aliphatic rings. The Hall–Kier alpha value is -1.70. The van der Waals surface area contributed by atoms with Gasteiger partial charge in [0, 0.05) is 12.0 Å². The number of thiocarbonyl (C=S) groups is 1. The first-order valence-corrected chi connectivity index (χ1v) is 7.32. The van der Waals surface area contributed by atoms with E-state index in [1.165, 1.54) is 4.90 Å². The number of nitrogens with two attached hydrogens (primary N) is 1. The quantitative estimate of drug-likeness (QED) is 0.379. The largest absolute Gasteiger partial charge is 0.375 e. The number of carbonyl (C=O) groups is 3. The first-order chi connectivity index (χ1) is 9.70. The predicted octanol–water partition coefficient (Wildman–Crippen LogP) is -0.153. The lowest BCUT2D eigenvalue weighted by Crippen LogP contribution is -2.54. The number of hydrogen-bond acceptors (Lipinski definition) is 4. The number of likely N-dealkylation sites (tertiary alicyclic amines) is 1. The minimum absolute atomic E-state index is 0.0672. The maximum Gasteiger partial charge on any atom is 0.291 e. The maximum absolute atomic E-state index is 12.3.